The van der Waals surface area contributed by atoms with Crippen LogP contribution in [-0.2, 0) is 10.0 Å². The van der Waals surface area contributed by atoms with Crippen LogP contribution in [-0.4, -0.2) is 18.5 Å². The molecule has 0 amide bonds. The first kappa shape index (κ1) is 7.87. The van der Waals surface area contributed by atoms with Crippen molar-refractivity contribution in [3.63, 3.8) is 0 Å². The van der Waals surface area contributed by atoms with Crippen molar-refractivity contribution in [1.29, 1.82) is 0 Å². The van der Waals surface area contributed by atoms with Gasteiger partial charge in [-0.15, -0.1) is 0 Å². The van der Waals surface area contributed by atoms with E-state index >= 15 is 0 Å². The zero-order valence-corrected chi connectivity index (χ0v) is 5.57. The second-order valence-corrected chi connectivity index (χ2v) is 4.08. The van der Waals surface area contributed by atoms with Crippen molar-refractivity contribution in [2.75, 3.05) is 0 Å². The zero-order valence-electron chi connectivity index (χ0n) is 4.75. The predicted octanol–water partition coefficient (Wildman–Crippen LogP) is -0.997. The maximum Gasteiger partial charge on any atom is 0.238 e. The Hall–Kier alpha value is -0.130. The van der Waals surface area contributed by atoms with E-state index in [1.165, 1.54) is 0 Å². The highest BCUT2D eigenvalue weighted by atomic mass is 32.2. The van der Waals surface area contributed by atoms with Crippen molar-refractivity contribution >= 4 is 10.0 Å². The fourth-order valence-electron chi connectivity index (χ4n) is 0. The van der Waals surface area contributed by atoms with Crippen molar-refractivity contribution in [2.45, 2.75) is 18.8 Å². The zero-order chi connectivity index (χ0) is 7.00. The molecule has 0 heterocycles. The predicted molar refractivity (Wildman–Crippen MR) is 29.4 cm³/mol. The van der Waals surface area contributed by atoms with Gasteiger partial charge >= 0.3 is 0 Å². The third-order valence-corrected chi connectivity index (χ3v) is 2.09. The Labute approximate surface area is 48.4 Å². The maximum absolute atomic E-state index is 10.2. The quantitative estimate of drug-likeness (QED) is 0.489. The highest BCUT2D eigenvalue weighted by Gasteiger charge is 2.26. The third-order valence-electron chi connectivity index (χ3n) is 0.696. The summed E-state index contributed by atoms with van der Waals surface area (Å²) in [4.78, 5) is -1.81. The number of rotatable bonds is 1. The average molecular weight is 139 g/mol. The molecule has 0 bridgehead atoms. The summed E-state index contributed by atoms with van der Waals surface area (Å²) in [7, 11) is -3.78. The van der Waals surface area contributed by atoms with E-state index in [1.54, 1.807) is 0 Å². The van der Waals surface area contributed by atoms with Crippen molar-refractivity contribution in [3.8, 4) is 0 Å². The lowest BCUT2D eigenvalue weighted by Gasteiger charge is -2.12. The first-order valence-corrected chi connectivity index (χ1v) is 3.54. The minimum atomic E-state index is -3.78. The number of hydrogen-bond donors (Lipinski definition) is 2. The first-order chi connectivity index (χ1) is 3.25. The largest absolute Gasteiger partial charge is 0.374 e. The molecule has 3 N–H and O–H groups in total. The molecule has 0 fully saturated rings. The molecule has 50 valence electrons. The Kier molecular flexibility index (Phi) is 1.65. The van der Waals surface area contributed by atoms with Crippen molar-refractivity contribution in [3.05, 3.63) is 0 Å². The number of primary sulfonamides is 1. The molecule has 8 heavy (non-hydrogen) atoms. The van der Waals surface area contributed by atoms with Crippen LogP contribution in [0, 0.1) is 0 Å². The lowest BCUT2D eigenvalue weighted by atomic mass is 10.5. The third kappa shape index (κ3) is 1.77. The second-order valence-electron chi connectivity index (χ2n) is 1.99. The van der Waals surface area contributed by atoms with Crippen LogP contribution in [0.15, 0.2) is 0 Å². The van der Waals surface area contributed by atoms with Crippen LogP contribution in [0.4, 0.5) is 0 Å². The van der Waals surface area contributed by atoms with Gasteiger partial charge in [-0.2, -0.15) is 0 Å². The monoisotopic (exact) mass is 139 g/mol. The minimum Gasteiger partial charge on any atom is -0.374 e. The van der Waals surface area contributed by atoms with E-state index in [1.807, 2.05) is 0 Å². The molecule has 0 spiro atoms. The van der Waals surface area contributed by atoms with Crippen molar-refractivity contribution in [1.82, 2.24) is 0 Å². The average Bonchev–Trinajstić information content (AvgIpc) is 1.25. The molecule has 0 saturated heterocycles. The highest BCUT2D eigenvalue weighted by Crippen LogP contribution is 2.05. The molecule has 0 aromatic rings. The van der Waals surface area contributed by atoms with E-state index in [4.69, 9.17) is 5.11 Å². The van der Waals surface area contributed by atoms with E-state index < -0.39 is 15.0 Å². The Morgan fingerprint density at radius 1 is 1.50 bits per heavy atom. The smallest absolute Gasteiger partial charge is 0.238 e. The molecule has 0 radical (unpaired) electrons. The van der Waals surface area contributed by atoms with Gasteiger partial charge in [0.05, 0.1) is 0 Å². The lowest BCUT2D eigenvalue weighted by Crippen LogP contribution is -2.37. The Morgan fingerprint density at radius 3 is 1.62 bits per heavy atom. The summed E-state index contributed by atoms with van der Waals surface area (Å²) in [5.41, 5.74) is 0. The SMILES string of the molecule is CC(C)(O)S(N)(=O)=O. The van der Waals surface area contributed by atoms with E-state index in [2.05, 4.69) is 5.14 Å². The molecule has 0 rings (SSSR count). The molecule has 5 heteroatoms. The van der Waals surface area contributed by atoms with E-state index in [0.29, 0.717) is 0 Å². The highest BCUT2D eigenvalue weighted by molar-refractivity contribution is 7.90. The van der Waals surface area contributed by atoms with Gasteiger partial charge in [0.2, 0.25) is 10.0 Å². The minimum absolute atomic E-state index is 1.11. The fourth-order valence-corrected chi connectivity index (χ4v) is 0. The second kappa shape index (κ2) is 1.68. The van der Waals surface area contributed by atoms with Crippen molar-refractivity contribution < 1.29 is 13.5 Å². The molecule has 0 aliphatic heterocycles. The molecule has 0 saturated carbocycles. The number of sulfonamides is 1. The van der Waals surface area contributed by atoms with Crippen LogP contribution in [0.5, 0.6) is 0 Å². The van der Waals surface area contributed by atoms with Gasteiger partial charge < -0.3 is 5.11 Å². The molecule has 0 unspecified atom stereocenters. The molecule has 0 atom stereocenters. The number of hydrogen-bond acceptors (Lipinski definition) is 3. The van der Waals surface area contributed by atoms with Gasteiger partial charge in [0.15, 0.2) is 4.93 Å². The van der Waals surface area contributed by atoms with Gasteiger partial charge in [-0.1, -0.05) is 0 Å². The summed E-state index contributed by atoms with van der Waals surface area (Å²) in [6.07, 6.45) is 0. The molecule has 0 aromatic carbocycles. The molecular weight excluding hydrogens is 130 g/mol. The summed E-state index contributed by atoms with van der Waals surface area (Å²) in [6.45, 7) is 2.23. The van der Waals surface area contributed by atoms with E-state index in [9.17, 15) is 8.42 Å². The standard InChI is InChI=1S/C3H9NO3S/c1-3(2,5)8(4,6)7/h5H,1-2H3,(H2,4,6,7). The fraction of sp³-hybridized carbons (Fsp3) is 1.00. The van der Waals surface area contributed by atoms with Crippen LogP contribution in [0.3, 0.4) is 0 Å². The topological polar surface area (TPSA) is 80.4 Å². The molecular formula is C3H9NO3S. The Morgan fingerprint density at radius 2 is 1.62 bits per heavy atom. The van der Waals surface area contributed by atoms with E-state index in [-0.39, 0.29) is 0 Å². The molecule has 4 nitrogen and oxygen atoms in total. The van der Waals surface area contributed by atoms with Crippen LogP contribution in [0.2, 0.25) is 0 Å². The van der Waals surface area contributed by atoms with Gasteiger partial charge in [0.25, 0.3) is 0 Å². The van der Waals surface area contributed by atoms with Crippen LogP contribution >= 0.6 is 0 Å². The van der Waals surface area contributed by atoms with E-state index in [0.717, 1.165) is 13.8 Å². The Bertz CT molecular complexity index is 163. The lowest BCUT2D eigenvalue weighted by molar-refractivity contribution is 0.165. The van der Waals surface area contributed by atoms with Crippen LogP contribution in [0.25, 0.3) is 0 Å². The van der Waals surface area contributed by atoms with Gasteiger partial charge in [-0.05, 0) is 13.8 Å². The first-order valence-electron chi connectivity index (χ1n) is 2.00. The summed E-state index contributed by atoms with van der Waals surface area (Å²) in [6, 6.07) is 0. The summed E-state index contributed by atoms with van der Waals surface area (Å²) < 4.78 is 20.4. The summed E-state index contributed by atoms with van der Waals surface area (Å²) in [5.74, 6) is 0. The maximum atomic E-state index is 10.2. The molecule has 0 aliphatic carbocycles. The normalized spacial score (nSPS) is 14.0. The Balaban J connectivity index is 4.53. The van der Waals surface area contributed by atoms with Crippen LogP contribution < -0.4 is 5.14 Å². The summed E-state index contributed by atoms with van der Waals surface area (Å²) >= 11 is 0. The summed E-state index contributed by atoms with van der Waals surface area (Å²) in [5, 5.41) is 13.2. The van der Waals surface area contributed by atoms with Gasteiger partial charge in [0.1, 0.15) is 0 Å². The van der Waals surface area contributed by atoms with Gasteiger partial charge in [0, 0.05) is 0 Å². The van der Waals surface area contributed by atoms with Gasteiger partial charge in [-0.3, -0.25) is 0 Å². The number of aliphatic hydroxyl groups is 1. The van der Waals surface area contributed by atoms with Gasteiger partial charge in [-0.25, -0.2) is 13.6 Å². The van der Waals surface area contributed by atoms with Crippen LogP contribution in [0.1, 0.15) is 13.8 Å². The molecule has 0 aliphatic rings. The van der Waals surface area contributed by atoms with Crippen molar-refractivity contribution in [2.24, 2.45) is 5.14 Å². The number of nitrogens with two attached hydrogens (primary N) is 1. The molecule has 0 aromatic heterocycles.